The van der Waals surface area contributed by atoms with Gasteiger partial charge in [0.1, 0.15) is 13.1 Å². The summed E-state index contributed by atoms with van der Waals surface area (Å²) in [6.07, 6.45) is 0.996. The van der Waals surface area contributed by atoms with Gasteiger partial charge in [-0.2, -0.15) is 0 Å². The first kappa shape index (κ1) is 32.4. The highest BCUT2D eigenvalue weighted by Crippen LogP contribution is 2.29. The molecule has 0 aliphatic carbocycles. The van der Waals surface area contributed by atoms with Crippen LogP contribution in [0, 0.1) is 5.41 Å². The first-order valence-electron chi connectivity index (χ1n) is 14.8. The number of nitrogens with one attached hydrogen (secondary N) is 2. The Labute approximate surface area is 253 Å². The van der Waals surface area contributed by atoms with Gasteiger partial charge in [-0.1, -0.05) is 45.0 Å². The molecule has 2 fully saturated rings. The second-order valence-electron chi connectivity index (χ2n) is 13.1. The van der Waals surface area contributed by atoms with E-state index in [1.807, 2.05) is 45.0 Å². The maximum Gasteiger partial charge on any atom is 0.242 e. The summed E-state index contributed by atoms with van der Waals surface area (Å²) in [6.45, 7) is 6.18. The fraction of sp³-hybridized carbons (Fsp3) is 0.633. The molecule has 1 spiro atoms. The van der Waals surface area contributed by atoms with E-state index >= 15 is 0 Å². The molecule has 13 heteroatoms. The third-order valence-electron chi connectivity index (χ3n) is 8.30. The van der Waals surface area contributed by atoms with E-state index in [1.54, 1.807) is 4.90 Å². The smallest absolute Gasteiger partial charge is 0.242 e. The van der Waals surface area contributed by atoms with E-state index in [0.29, 0.717) is 32.4 Å². The van der Waals surface area contributed by atoms with Gasteiger partial charge in [0, 0.05) is 39.1 Å². The average Bonchev–Trinajstić information content (AvgIpc) is 2.91. The number of rotatable bonds is 3. The van der Waals surface area contributed by atoms with Crippen LogP contribution in [0.15, 0.2) is 24.3 Å². The molecule has 0 unspecified atom stereocenters. The van der Waals surface area contributed by atoms with Crippen LogP contribution in [0.2, 0.25) is 0 Å². The monoisotopic (exact) mass is 617 g/mol. The summed E-state index contributed by atoms with van der Waals surface area (Å²) >= 11 is 0. The Hall–Kier alpha value is -3.48. The number of carbonyl (C=O) groups is 5. The minimum atomic E-state index is -3.21. The van der Waals surface area contributed by atoms with Gasteiger partial charge >= 0.3 is 0 Å². The van der Waals surface area contributed by atoms with Gasteiger partial charge in [0.05, 0.1) is 29.9 Å². The Morgan fingerprint density at radius 3 is 2.12 bits per heavy atom. The summed E-state index contributed by atoms with van der Waals surface area (Å²) in [4.78, 5) is 70.7. The topological polar surface area (TPSA) is 153 Å². The summed E-state index contributed by atoms with van der Waals surface area (Å²) in [6, 6.07) is 7.30. The molecular formula is C30H43N5O7S. The molecule has 1 aromatic carbocycles. The van der Waals surface area contributed by atoms with Gasteiger partial charge in [-0.15, -0.1) is 0 Å². The molecule has 0 atom stereocenters. The maximum absolute atomic E-state index is 13.8. The summed E-state index contributed by atoms with van der Waals surface area (Å²) in [5, 5.41) is 5.92. The highest BCUT2D eigenvalue weighted by Gasteiger charge is 2.41. The van der Waals surface area contributed by atoms with Gasteiger partial charge < -0.3 is 25.3 Å². The molecule has 0 saturated carbocycles. The molecule has 5 amide bonds. The van der Waals surface area contributed by atoms with E-state index in [-0.39, 0.29) is 74.3 Å². The van der Waals surface area contributed by atoms with Crippen LogP contribution in [-0.4, -0.2) is 109 Å². The molecule has 43 heavy (non-hydrogen) atoms. The van der Waals surface area contributed by atoms with Gasteiger partial charge in [0.25, 0.3) is 0 Å². The first-order valence-corrected chi connectivity index (χ1v) is 16.6. The van der Waals surface area contributed by atoms with E-state index in [9.17, 15) is 32.4 Å². The number of hydrogen-bond donors (Lipinski definition) is 2. The number of likely N-dealkylation sites (tertiary alicyclic amines) is 1. The molecule has 2 saturated heterocycles. The van der Waals surface area contributed by atoms with Crippen molar-refractivity contribution in [2.45, 2.75) is 65.0 Å². The summed E-state index contributed by atoms with van der Waals surface area (Å²) in [5.41, 5.74) is 0.380. The lowest BCUT2D eigenvalue weighted by Crippen LogP contribution is -2.59. The first-order chi connectivity index (χ1) is 20.1. The van der Waals surface area contributed by atoms with E-state index in [4.69, 9.17) is 0 Å². The molecule has 0 aromatic heterocycles. The molecule has 1 aromatic rings. The Balaban J connectivity index is 1.58. The van der Waals surface area contributed by atoms with Crippen molar-refractivity contribution in [3.05, 3.63) is 35.4 Å². The van der Waals surface area contributed by atoms with Crippen molar-refractivity contribution in [3.8, 4) is 0 Å². The minimum Gasteiger partial charge on any atom is -0.350 e. The third kappa shape index (κ3) is 9.01. The second-order valence-corrected chi connectivity index (χ2v) is 15.4. The van der Waals surface area contributed by atoms with Crippen LogP contribution in [0.1, 0.15) is 57.6 Å². The minimum absolute atomic E-state index is 0.0195. The van der Waals surface area contributed by atoms with Crippen molar-refractivity contribution < 1.29 is 32.4 Å². The zero-order valence-electron chi connectivity index (χ0n) is 25.3. The highest BCUT2D eigenvalue weighted by molar-refractivity contribution is 7.91. The molecule has 3 aliphatic rings. The number of amides is 5. The Bertz CT molecular complexity index is 1350. The van der Waals surface area contributed by atoms with E-state index in [0.717, 1.165) is 11.1 Å². The number of fused-ring (bicyclic) bond motifs is 1. The summed E-state index contributed by atoms with van der Waals surface area (Å²) in [5.74, 6) is -1.90. The fourth-order valence-electron chi connectivity index (χ4n) is 5.79. The zero-order chi connectivity index (χ0) is 31.4. The lowest BCUT2D eigenvalue weighted by Gasteiger charge is -2.43. The molecule has 0 radical (unpaired) electrons. The van der Waals surface area contributed by atoms with E-state index in [2.05, 4.69) is 10.6 Å². The van der Waals surface area contributed by atoms with E-state index < -0.39 is 33.1 Å². The number of carbonyl (C=O) groups excluding carboxylic acids is 5. The molecule has 0 bridgehead atoms. The molecule has 2 N–H and O–H groups in total. The number of benzene rings is 1. The molecule has 236 valence electrons. The number of nitrogens with zero attached hydrogens (tertiary/aromatic N) is 3. The Morgan fingerprint density at radius 1 is 0.884 bits per heavy atom. The Morgan fingerprint density at radius 2 is 1.49 bits per heavy atom. The predicted molar refractivity (Wildman–Crippen MR) is 159 cm³/mol. The molecule has 4 rings (SSSR count). The van der Waals surface area contributed by atoms with Crippen molar-refractivity contribution in [1.29, 1.82) is 0 Å². The van der Waals surface area contributed by atoms with Crippen LogP contribution in [-0.2, 0) is 46.8 Å². The summed E-state index contributed by atoms with van der Waals surface area (Å²) < 4.78 is 23.7. The normalized spacial score (nSPS) is 21.6. The van der Waals surface area contributed by atoms with Crippen LogP contribution in [0.3, 0.4) is 0 Å². The summed E-state index contributed by atoms with van der Waals surface area (Å²) in [7, 11) is -3.21. The number of sulfone groups is 1. The highest BCUT2D eigenvalue weighted by atomic mass is 32.2. The average molecular weight is 618 g/mol. The second kappa shape index (κ2) is 13.0. The zero-order valence-corrected chi connectivity index (χ0v) is 26.1. The van der Waals surface area contributed by atoms with Gasteiger partial charge in [-0.25, -0.2) is 8.42 Å². The van der Waals surface area contributed by atoms with Crippen molar-refractivity contribution in [2.75, 3.05) is 50.8 Å². The number of piperidine rings is 1. The quantitative estimate of drug-likeness (QED) is 0.493. The van der Waals surface area contributed by atoms with Gasteiger partial charge in [-0.3, -0.25) is 24.0 Å². The van der Waals surface area contributed by atoms with Crippen LogP contribution in [0.4, 0.5) is 0 Å². The van der Waals surface area contributed by atoms with Crippen LogP contribution in [0.25, 0.3) is 0 Å². The van der Waals surface area contributed by atoms with Crippen molar-refractivity contribution in [1.82, 2.24) is 25.3 Å². The lowest BCUT2D eigenvalue weighted by molar-refractivity contribution is -0.145. The van der Waals surface area contributed by atoms with Crippen LogP contribution in [0.5, 0.6) is 0 Å². The third-order valence-corrected chi connectivity index (χ3v) is 9.91. The maximum atomic E-state index is 13.8. The van der Waals surface area contributed by atoms with Crippen molar-refractivity contribution in [3.63, 3.8) is 0 Å². The Kier molecular flexibility index (Phi) is 9.83. The van der Waals surface area contributed by atoms with Crippen molar-refractivity contribution in [2.24, 2.45) is 5.41 Å². The standard InChI is InChI=1S/C30H43N5O7S/c1-29(2,3)17-26(38)33-10-8-30(9-11-33)18-27(39)35(21-28(40)34-12-14-43(41,42)15-13-34)20-25(37)31-19-23-7-5-4-6-22(23)16-24(36)32-30/h4-7H,8-21H2,1-3H3,(H,31,37)(H,32,36). The van der Waals surface area contributed by atoms with Gasteiger partial charge in [0.15, 0.2) is 9.84 Å². The predicted octanol–water partition coefficient (Wildman–Crippen LogP) is 0.248. The van der Waals surface area contributed by atoms with E-state index in [1.165, 1.54) is 9.80 Å². The van der Waals surface area contributed by atoms with Crippen LogP contribution < -0.4 is 10.6 Å². The molecule has 3 heterocycles. The molecular weight excluding hydrogens is 574 g/mol. The van der Waals surface area contributed by atoms with Gasteiger partial charge in [0.2, 0.25) is 29.5 Å². The SMILES string of the molecule is CC(C)(C)CC(=O)N1CCC2(CC1)CC(=O)N(CC(=O)N1CCS(=O)(=O)CC1)CC(=O)NCc1ccccc1CC(=O)N2. The molecule has 3 aliphatic heterocycles. The largest absolute Gasteiger partial charge is 0.350 e. The van der Waals surface area contributed by atoms with Gasteiger partial charge in [-0.05, 0) is 29.4 Å². The lowest BCUT2D eigenvalue weighted by atomic mass is 9.82. The molecule has 12 nitrogen and oxygen atoms in total. The fourth-order valence-corrected chi connectivity index (χ4v) is 6.99. The number of hydrogen-bond acceptors (Lipinski definition) is 7. The van der Waals surface area contributed by atoms with Crippen molar-refractivity contribution >= 4 is 39.4 Å². The van der Waals surface area contributed by atoms with Crippen LogP contribution >= 0.6 is 0 Å².